The summed E-state index contributed by atoms with van der Waals surface area (Å²) in [5.74, 6) is 1.45. The maximum Gasteiger partial charge on any atom is 0.254 e. The highest BCUT2D eigenvalue weighted by molar-refractivity contribution is 5.88. The fraction of sp³-hybridized carbons (Fsp3) is 0.519. The first-order chi connectivity index (χ1) is 16.1. The van der Waals surface area contributed by atoms with Gasteiger partial charge in [-0.15, -0.1) is 0 Å². The number of rotatable bonds is 7. The number of carbonyl (C=O) groups is 1. The first-order valence-electron chi connectivity index (χ1n) is 12.2. The van der Waals surface area contributed by atoms with Crippen LogP contribution in [-0.2, 0) is 11.2 Å². The molecule has 3 fully saturated rings. The summed E-state index contributed by atoms with van der Waals surface area (Å²) in [6, 6.07) is 16.4. The highest BCUT2D eigenvalue weighted by Crippen LogP contribution is 2.39. The molecule has 0 spiro atoms. The van der Waals surface area contributed by atoms with Crippen LogP contribution in [0.1, 0.15) is 44.1 Å². The minimum Gasteiger partial charge on any atom is -0.493 e. The van der Waals surface area contributed by atoms with Gasteiger partial charge in [0.25, 0.3) is 5.91 Å². The molecular weight excluding hydrogens is 416 g/mol. The van der Waals surface area contributed by atoms with Crippen LogP contribution in [0.5, 0.6) is 11.5 Å². The van der Waals surface area contributed by atoms with E-state index in [4.69, 9.17) is 9.47 Å². The van der Waals surface area contributed by atoms with E-state index in [1.54, 1.807) is 7.11 Å². The first-order valence-corrected chi connectivity index (χ1v) is 12.2. The summed E-state index contributed by atoms with van der Waals surface area (Å²) in [6.45, 7) is 2.04. The van der Waals surface area contributed by atoms with Crippen molar-refractivity contribution in [2.24, 2.45) is 0 Å². The molecule has 1 amide bonds. The van der Waals surface area contributed by atoms with E-state index in [1.807, 2.05) is 29.2 Å². The lowest BCUT2D eigenvalue weighted by molar-refractivity contribution is -0.145. The standard InChI is InChI=1S/C27H34N2O4/c1-32-24-12-11-21(18-25(24)33-23-9-5-6-10-23)28-15-16-29(26(30)27(31)13-14-27)22(19-28)17-20-7-3-2-4-8-20/h2-4,7-8,11-12,18,22-23,31H,5-6,9-10,13-17,19H2,1H3/t22-/m0/s1. The van der Waals surface area contributed by atoms with Crippen molar-refractivity contribution >= 4 is 11.6 Å². The fourth-order valence-corrected chi connectivity index (χ4v) is 5.16. The summed E-state index contributed by atoms with van der Waals surface area (Å²) in [6.07, 6.45) is 6.79. The average molecular weight is 451 g/mol. The van der Waals surface area contributed by atoms with Crippen LogP contribution in [0.15, 0.2) is 48.5 Å². The van der Waals surface area contributed by atoms with E-state index in [2.05, 4.69) is 29.2 Å². The molecule has 2 aromatic rings. The summed E-state index contributed by atoms with van der Waals surface area (Å²) in [7, 11) is 1.68. The number of anilines is 1. The monoisotopic (exact) mass is 450 g/mol. The average Bonchev–Trinajstić information content (AvgIpc) is 3.38. The zero-order valence-electron chi connectivity index (χ0n) is 19.4. The van der Waals surface area contributed by atoms with Gasteiger partial charge in [-0.1, -0.05) is 30.3 Å². The van der Waals surface area contributed by atoms with E-state index in [1.165, 1.54) is 18.4 Å². The van der Waals surface area contributed by atoms with E-state index in [9.17, 15) is 9.90 Å². The summed E-state index contributed by atoms with van der Waals surface area (Å²) in [4.78, 5) is 17.3. The van der Waals surface area contributed by atoms with Crippen LogP contribution >= 0.6 is 0 Å². The van der Waals surface area contributed by atoms with Crippen LogP contribution in [0.3, 0.4) is 0 Å². The molecule has 1 saturated heterocycles. The van der Waals surface area contributed by atoms with Gasteiger partial charge < -0.3 is 24.4 Å². The molecular formula is C27H34N2O4. The Hall–Kier alpha value is -2.73. The lowest BCUT2D eigenvalue weighted by atomic mass is 10.0. The molecule has 2 aliphatic carbocycles. The number of hydrogen-bond acceptors (Lipinski definition) is 5. The van der Waals surface area contributed by atoms with Gasteiger partial charge in [-0.25, -0.2) is 0 Å². The Labute approximate surface area is 196 Å². The minimum atomic E-state index is -1.14. The smallest absolute Gasteiger partial charge is 0.254 e. The summed E-state index contributed by atoms with van der Waals surface area (Å²) in [5, 5.41) is 10.5. The number of carbonyl (C=O) groups excluding carboxylic acids is 1. The number of nitrogens with zero attached hydrogens (tertiary/aromatic N) is 2. The van der Waals surface area contributed by atoms with E-state index >= 15 is 0 Å². The molecule has 6 nitrogen and oxygen atoms in total. The van der Waals surface area contributed by atoms with Crippen LogP contribution in [0.4, 0.5) is 5.69 Å². The minimum absolute atomic E-state index is 0.000392. The number of ether oxygens (including phenoxy) is 2. The fourth-order valence-electron chi connectivity index (χ4n) is 5.16. The number of aliphatic hydroxyl groups is 1. The van der Waals surface area contributed by atoms with Crippen LogP contribution in [0, 0.1) is 0 Å². The Morgan fingerprint density at radius 2 is 1.82 bits per heavy atom. The predicted octanol–water partition coefficient (Wildman–Crippen LogP) is 3.80. The number of amides is 1. The number of hydrogen-bond donors (Lipinski definition) is 1. The van der Waals surface area contributed by atoms with Gasteiger partial charge in [0.1, 0.15) is 5.60 Å². The molecule has 1 heterocycles. The van der Waals surface area contributed by atoms with Gasteiger partial charge in [0, 0.05) is 31.4 Å². The Kier molecular flexibility index (Phi) is 6.19. The van der Waals surface area contributed by atoms with Crippen LogP contribution in [0.2, 0.25) is 0 Å². The number of piperazine rings is 1. The van der Waals surface area contributed by atoms with Crippen molar-refractivity contribution in [3.63, 3.8) is 0 Å². The molecule has 6 heteroatoms. The van der Waals surface area contributed by atoms with Crippen molar-refractivity contribution < 1.29 is 19.4 Å². The highest BCUT2D eigenvalue weighted by atomic mass is 16.5. The number of methoxy groups -OCH3 is 1. The van der Waals surface area contributed by atoms with Crippen molar-refractivity contribution in [1.82, 2.24) is 4.90 Å². The quantitative estimate of drug-likeness (QED) is 0.695. The van der Waals surface area contributed by atoms with E-state index in [0.717, 1.165) is 43.0 Å². The molecule has 3 aliphatic rings. The lowest BCUT2D eigenvalue weighted by Crippen LogP contribution is -2.58. The van der Waals surface area contributed by atoms with Gasteiger partial charge in [-0.3, -0.25) is 4.79 Å². The third-order valence-electron chi connectivity index (χ3n) is 7.29. The molecule has 0 radical (unpaired) electrons. The van der Waals surface area contributed by atoms with Crippen molar-refractivity contribution in [3.05, 3.63) is 54.1 Å². The molecule has 0 bridgehead atoms. The normalized spacial score (nSPS) is 22.3. The molecule has 0 aromatic heterocycles. The summed E-state index contributed by atoms with van der Waals surface area (Å²) < 4.78 is 11.9. The third kappa shape index (κ3) is 4.81. The van der Waals surface area contributed by atoms with Gasteiger partial charge in [-0.2, -0.15) is 0 Å². The molecule has 2 saturated carbocycles. The molecule has 5 rings (SSSR count). The highest BCUT2D eigenvalue weighted by Gasteiger charge is 2.51. The van der Waals surface area contributed by atoms with Gasteiger partial charge in [0.15, 0.2) is 11.5 Å². The van der Waals surface area contributed by atoms with Crippen LogP contribution < -0.4 is 14.4 Å². The Morgan fingerprint density at radius 3 is 2.52 bits per heavy atom. The van der Waals surface area contributed by atoms with E-state index in [0.29, 0.717) is 25.9 Å². The Bertz CT molecular complexity index is 969. The maximum atomic E-state index is 13.1. The van der Waals surface area contributed by atoms with Crippen molar-refractivity contribution in [2.45, 2.75) is 62.7 Å². The van der Waals surface area contributed by atoms with Gasteiger partial charge in [-0.05, 0) is 62.6 Å². The topological polar surface area (TPSA) is 62.2 Å². The second-order valence-corrected chi connectivity index (χ2v) is 9.68. The third-order valence-corrected chi connectivity index (χ3v) is 7.29. The van der Waals surface area contributed by atoms with Crippen LogP contribution in [-0.4, -0.2) is 60.4 Å². The predicted molar refractivity (Wildman–Crippen MR) is 128 cm³/mol. The Morgan fingerprint density at radius 1 is 1.06 bits per heavy atom. The molecule has 33 heavy (non-hydrogen) atoms. The van der Waals surface area contributed by atoms with Crippen molar-refractivity contribution in [1.29, 1.82) is 0 Å². The second-order valence-electron chi connectivity index (χ2n) is 9.68. The van der Waals surface area contributed by atoms with E-state index in [-0.39, 0.29) is 18.1 Å². The van der Waals surface area contributed by atoms with Crippen LogP contribution in [0.25, 0.3) is 0 Å². The zero-order chi connectivity index (χ0) is 22.8. The molecule has 0 unspecified atom stereocenters. The molecule has 1 atom stereocenters. The van der Waals surface area contributed by atoms with Crippen molar-refractivity contribution in [2.75, 3.05) is 31.6 Å². The maximum absolute atomic E-state index is 13.1. The second kappa shape index (κ2) is 9.26. The molecule has 1 N–H and O–H groups in total. The molecule has 2 aromatic carbocycles. The largest absolute Gasteiger partial charge is 0.493 e. The first kappa shape index (κ1) is 22.1. The van der Waals surface area contributed by atoms with Crippen molar-refractivity contribution in [3.8, 4) is 11.5 Å². The van der Waals surface area contributed by atoms with Gasteiger partial charge in [0.05, 0.1) is 19.3 Å². The molecule has 1 aliphatic heterocycles. The van der Waals surface area contributed by atoms with Gasteiger partial charge >= 0.3 is 0 Å². The molecule has 176 valence electrons. The summed E-state index contributed by atoms with van der Waals surface area (Å²) in [5.41, 5.74) is 1.14. The van der Waals surface area contributed by atoms with Gasteiger partial charge in [0.2, 0.25) is 0 Å². The lowest BCUT2D eigenvalue weighted by Gasteiger charge is -2.43. The summed E-state index contributed by atoms with van der Waals surface area (Å²) >= 11 is 0. The zero-order valence-corrected chi connectivity index (χ0v) is 19.4. The van der Waals surface area contributed by atoms with E-state index < -0.39 is 5.60 Å². The SMILES string of the molecule is COc1ccc(N2CCN(C(=O)C3(O)CC3)[C@@H](Cc3ccccc3)C2)cc1OC1CCCC1. The Balaban J connectivity index is 1.37. The number of benzene rings is 2.